The summed E-state index contributed by atoms with van der Waals surface area (Å²) in [6.45, 7) is 8.31. The number of amides is 2. The van der Waals surface area contributed by atoms with E-state index in [1.54, 1.807) is 6.92 Å². The number of carbonyl (C=O) groups is 3. The molecule has 1 N–H and O–H groups in total. The fourth-order valence-corrected chi connectivity index (χ4v) is 3.14. The minimum Gasteiger partial charge on any atom is -0.459 e. The summed E-state index contributed by atoms with van der Waals surface area (Å²) in [5.41, 5.74) is 2.04. The number of nitrogens with zero attached hydrogens (tertiary/aromatic N) is 1. The first-order valence-electron chi connectivity index (χ1n) is 10.2. The summed E-state index contributed by atoms with van der Waals surface area (Å²) in [4.78, 5) is 38.7. The standard InChI is InChI=1S/C23H31NO5/c1-5-18(25)14-29-23(28)17-9-10-19-20(13-17)22(27)24(21(19)26)12-11-16(4)8-6-7-15(2)3/h7,9-10,13,16,18,25H,5-6,8,11-12,14H2,1-4H3. The first kappa shape index (κ1) is 22.8. The van der Waals surface area contributed by atoms with E-state index in [0.717, 1.165) is 19.3 Å². The molecule has 2 amide bonds. The molecule has 1 aromatic carbocycles. The van der Waals surface area contributed by atoms with Crippen LogP contribution in [-0.2, 0) is 4.74 Å². The second-order valence-electron chi connectivity index (χ2n) is 7.94. The van der Waals surface area contributed by atoms with Gasteiger partial charge in [-0.2, -0.15) is 0 Å². The van der Waals surface area contributed by atoms with Crippen molar-refractivity contribution in [2.45, 2.75) is 59.5 Å². The van der Waals surface area contributed by atoms with Gasteiger partial charge < -0.3 is 9.84 Å². The van der Waals surface area contributed by atoms with Crippen molar-refractivity contribution in [3.63, 3.8) is 0 Å². The van der Waals surface area contributed by atoms with Crippen LogP contribution in [0.3, 0.4) is 0 Å². The topological polar surface area (TPSA) is 83.9 Å². The van der Waals surface area contributed by atoms with Crippen molar-refractivity contribution in [3.8, 4) is 0 Å². The Bertz CT molecular complexity index is 794. The molecule has 2 rings (SSSR count). The summed E-state index contributed by atoms with van der Waals surface area (Å²) in [5.74, 6) is -0.912. The van der Waals surface area contributed by atoms with Crippen LogP contribution in [0, 0.1) is 5.92 Å². The number of hydrogen-bond donors (Lipinski definition) is 1. The number of fused-ring (bicyclic) bond motifs is 1. The number of rotatable bonds is 10. The van der Waals surface area contributed by atoms with Crippen molar-refractivity contribution in [2.75, 3.05) is 13.2 Å². The number of imide groups is 1. The Morgan fingerprint density at radius 1 is 1.17 bits per heavy atom. The fraction of sp³-hybridized carbons (Fsp3) is 0.522. The molecule has 0 saturated carbocycles. The van der Waals surface area contributed by atoms with Gasteiger partial charge >= 0.3 is 5.97 Å². The number of benzene rings is 1. The SMILES string of the molecule is CCC(O)COC(=O)c1ccc2c(c1)C(=O)N(CCC(C)CCC=C(C)C)C2=O. The monoisotopic (exact) mass is 401 g/mol. The highest BCUT2D eigenvalue weighted by Crippen LogP contribution is 2.25. The molecule has 0 aliphatic carbocycles. The van der Waals surface area contributed by atoms with E-state index in [4.69, 9.17) is 4.74 Å². The summed E-state index contributed by atoms with van der Waals surface area (Å²) < 4.78 is 5.06. The average molecular weight is 402 g/mol. The van der Waals surface area contributed by atoms with Crippen molar-refractivity contribution in [3.05, 3.63) is 46.5 Å². The number of aliphatic hydroxyl groups is 1. The van der Waals surface area contributed by atoms with E-state index >= 15 is 0 Å². The molecular weight excluding hydrogens is 370 g/mol. The summed E-state index contributed by atoms with van der Waals surface area (Å²) >= 11 is 0. The lowest BCUT2D eigenvalue weighted by molar-refractivity contribution is 0.0250. The molecule has 1 aliphatic rings. The number of aliphatic hydroxyl groups excluding tert-OH is 1. The third kappa shape index (κ3) is 6.00. The average Bonchev–Trinajstić information content (AvgIpc) is 2.93. The minimum atomic E-state index is -0.717. The lowest BCUT2D eigenvalue weighted by Gasteiger charge is -2.17. The predicted molar refractivity (Wildman–Crippen MR) is 111 cm³/mol. The molecule has 6 nitrogen and oxygen atoms in total. The lowest BCUT2D eigenvalue weighted by Crippen LogP contribution is -2.31. The Morgan fingerprint density at radius 3 is 2.52 bits per heavy atom. The van der Waals surface area contributed by atoms with E-state index in [9.17, 15) is 19.5 Å². The van der Waals surface area contributed by atoms with Crippen LogP contribution in [0.5, 0.6) is 0 Å². The molecule has 0 fully saturated rings. The number of allylic oxidation sites excluding steroid dienone is 2. The van der Waals surface area contributed by atoms with Crippen molar-refractivity contribution in [2.24, 2.45) is 5.92 Å². The molecule has 158 valence electrons. The zero-order valence-electron chi connectivity index (χ0n) is 17.7. The maximum atomic E-state index is 12.7. The first-order chi connectivity index (χ1) is 13.7. The molecule has 2 atom stereocenters. The van der Waals surface area contributed by atoms with E-state index in [1.807, 2.05) is 0 Å². The molecule has 1 aromatic rings. The Balaban J connectivity index is 1.99. The van der Waals surface area contributed by atoms with Gasteiger partial charge in [0.2, 0.25) is 0 Å². The Morgan fingerprint density at radius 2 is 1.86 bits per heavy atom. The molecule has 1 heterocycles. The summed E-state index contributed by atoms with van der Waals surface area (Å²) in [5, 5.41) is 9.52. The second kappa shape index (κ2) is 10.3. The van der Waals surface area contributed by atoms with Gasteiger partial charge in [0.1, 0.15) is 6.61 Å². The maximum Gasteiger partial charge on any atom is 0.338 e. The summed E-state index contributed by atoms with van der Waals surface area (Å²) in [6, 6.07) is 4.39. The van der Waals surface area contributed by atoms with Gasteiger partial charge in [0.25, 0.3) is 11.8 Å². The van der Waals surface area contributed by atoms with Crippen LogP contribution < -0.4 is 0 Å². The van der Waals surface area contributed by atoms with Crippen LogP contribution in [0.2, 0.25) is 0 Å². The quantitative estimate of drug-likeness (QED) is 0.364. The van der Waals surface area contributed by atoms with Crippen LogP contribution in [0.15, 0.2) is 29.8 Å². The van der Waals surface area contributed by atoms with Crippen molar-refractivity contribution >= 4 is 17.8 Å². The predicted octanol–water partition coefficient (Wildman–Crippen LogP) is 3.98. The van der Waals surface area contributed by atoms with Crippen LogP contribution >= 0.6 is 0 Å². The summed E-state index contributed by atoms with van der Waals surface area (Å²) in [7, 11) is 0. The van der Waals surface area contributed by atoms with E-state index < -0.39 is 12.1 Å². The molecule has 6 heteroatoms. The van der Waals surface area contributed by atoms with Crippen LogP contribution in [-0.4, -0.2) is 47.0 Å². The van der Waals surface area contributed by atoms with E-state index in [2.05, 4.69) is 26.8 Å². The van der Waals surface area contributed by atoms with Crippen molar-refractivity contribution < 1.29 is 24.2 Å². The number of ether oxygens (including phenoxy) is 1. The third-order valence-electron chi connectivity index (χ3n) is 5.14. The van der Waals surface area contributed by atoms with Crippen LogP contribution in [0.1, 0.15) is 84.5 Å². The van der Waals surface area contributed by atoms with Gasteiger partial charge in [0.05, 0.1) is 22.8 Å². The molecule has 1 aliphatic heterocycles. The van der Waals surface area contributed by atoms with Crippen LogP contribution in [0.4, 0.5) is 0 Å². The second-order valence-corrected chi connectivity index (χ2v) is 7.94. The lowest BCUT2D eigenvalue weighted by atomic mass is 10.0. The largest absolute Gasteiger partial charge is 0.459 e. The fourth-order valence-electron chi connectivity index (χ4n) is 3.14. The Labute approximate surface area is 172 Å². The number of esters is 1. The minimum absolute atomic E-state index is 0.101. The molecule has 0 spiro atoms. The van der Waals surface area contributed by atoms with Gasteiger partial charge in [0.15, 0.2) is 0 Å². The van der Waals surface area contributed by atoms with Crippen LogP contribution in [0.25, 0.3) is 0 Å². The Hall–Kier alpha value is -2.47. The van der Waals surface area contributed by atoms with E-state index in [1.165, 1.54) is 28.7 Å². The normalized spacial score (nSPS) is 15.1. The van der Waals surface area contributed by atoms with E-state index in [-0.39, 0.29) is 29.5 Å². The molecule has 0 bridgehead atoms. The van der Waals surface area contributed by atoms with Gasteiger partial charge in [-0.1, -0.05) is 25.5 Å². The highest BCUT2D eigenvalue weighted by molar-refractivity contribution is 6.21. The van der Waals surface area contributed by atoms with E-state index in [0.29, 0.717) is 24.4 Å². The molecule has 0 saturated heterocycles. The molecular formula is C23H31NO5. The van der Waals surface area contributed by atoms with Gasteiger partial charge in [-0.3, -0.25) is 14.5 Å². The van der Waals surface area contributed by atoms with Gasteiger partial charge in [-0.15, -0.1) is 0 Å². The van der Waals surface area contributed by atoms with Gasteiger partial charge in [-0.25, -0.2) is 4.79 Å². The van der Waals surface area contributed by atoms with Crippen molar-refractivity contribution in [1.29, 1.82) is 0 Å². The highest BCUT2D eigenvalue weighted by atomic mass is 16.5. The summed E-state index contributed by atoms with van der Waals surface area (Å²) in [6.07, 6.45) is 4.69. The maximum absolute atomic E-state index is 12.7. The first-order valence-corrected chi connectivity index (χ1v) is 10.2. The molecule has 0 aromatic heterocycles. The zero-order valence-corrected chi connectivity index (χ0v) is 17.7. The number of carbonyl (C=O) groups excluding carboxylic acids is 3. The molecule has 2 unspecified atom stereocenters. The van der Waals surface area contributed by atoms with Crippen molar-refractivity contribution in [1.82, 2.24) is 4.90 Å². The molecule has 0 radical (unpaired) electrons. The zero-order chi connectivity index (χ0) is 21.6. The highest BCUT2D eigenvalue weighted by Gasteiger charge is 2.36. The Kier molecular flexibility index (Phi) is 8.14. The van der Waals surface area contributed by atoms with Gasteiger partial charge in [-0.05, 0) is 63.6 Å². The third-order valence-corrected chi connectivity index (χ3v) is 5.14. The number of hydrogen-bond acceptors (Lipinski definition) is 5. The molecule has 29 heavy (non-hydrogen) atoms. The van der Waals surface area contributed by atoms with Gasteiger partial charge in [0, 0.05) is 6.54 Å². The smallest absolute Gasteiger partial charge is 0.338 e.